The van der Waals surface area contributed by atoms with Crippen molar-refractivity contribution < 1.29 is 4.74 Å². The van der Waals surface area contributed by atoms with Crippen molar-refractivity contribution in [2.45, 2.75) is 32.2 Å². The van der Waals surface area contributed by atoms with Crippen LogP contribution in [0.4, 0.5) is 5.82 Å². The average Bonchev–Trinajstić information content (AvgIpc) is 3.44. The van der Waals surface area contributed by atoms with Crippen LogP contribution in [-0.4, -0.2) is 44.8 Å². The fourth-order valence-corrected chi connectivity index (χ4v) is 5.95. The summed E-state index contributed by atoms with van der Waals surface area (Å²) in [5.41, 5.74) is 12.6. The Labute approximate surface area is 202 Å². The van der Waals surface area contributed by atoms with Gasteiger partial charge in [0.1, 0.15) is 10.5 Å². The maximum atomic E-state index is 6.74. The minimum Gasteiger partial charge on any atom is -0.480 e. The second-order valence-corrected chi connectivity index (χ2v) is 9.60. The number of pyridine rings is 2. The fourth-order valence-electron chi connectivity index (χ4n) is 5.67. The van der Waals surface area contributed by atoms with Crippen LogP contribution in [0.15, 0.2) is 42.9 Å². The molecule has 9 heteroatoms. The van der Waals surface area contributed by atoms with Crippen LogP contribution < -0.4 is 15.4 Å². The molecular formula is C25H26ClN7O. The molecule has 0 radical (unpaired) electrons. The Morgan fingerprint density at radius 2 is 1.94 bits per heavy atom. The van der Waals surface area contributed by atoms with Crippen LogP contribution in [-0.2, 0) is 6.42 Å². The Morgan fingerprint density at radius 1 is 1.12 bits per heavy atom. The minimum absolute atomic E-state index is 0.0363. The van der Waals surface area contributed by atoms with Gasteiger partial charge in [-0.05, 0) is 55.4 Å². The predicted molar refractivity (Wildman–Crippen MR) is 131 cm³/mol. The lowest BCUT2D eigenvalue weighted by atomic mass is 9.73. The largest absolute Gasteiger partial charge is 0.480 e. The Morgan fingerprint density at radius 3 is 2.71 bits per heavy atom. The van der Waals surface area contributed by atoms with E-state index in [4.69, 9.17) is 27.1 Å². The molecule has 34 heavy (non-hydrogen) atoms. The molecule has 0 saturated carbocycles. The normalized spacial score (nSPS) is 19.1. The van der Waals surface area contributed by atoms with Gasteiger partial charge in [0.05, 0.1) is 24.7 Å². The standard InChI is InChI=1S/C25H26ClN7O/c1-15-21(17-5-10-29-24(34-2)20(17)26)33-19(6-11-30-33)23(31-15)32-12-7-25(8-13-32)14-18-16(22(25)27)4-3-9-28-18/h3-6,9-11,22H,7-8,12-14,27H2,1-2H3/t22-/m1/s1. The van der Waals surface area contributed by atoms with Gasteiger partial charge >= 0.3 is 0 Å². The number of aryl methyl sites for hydroxylation is 1. The summed E-state index contributed by atoms with van der Waals surface area (Å²) >= 11 is 6.61. The first kappa shape index (κ1) is 21.3. The lowest BCUT2D eigenvalue weighted by Gasteiger charge is -2.42. The van der Waals surface area contributed by atoms with Crippen LogP contribution in [0.2, 0.25) is 5.02 Å². The smallest absolute Gasteiger partial charge is 0.232 e. The lowest BCUT2D eigenvalue weighted by Crippen LogP contribution is -2.44. The number of aromatic nitrogens is 5. The van der Waals surface area contributed by atoms with E-state index in [-0.39, 0.29) is 11.5 Å². The number of nitrogens with two attached hydrogens (primary N) is 1. The molecule has 174 valence electrons. The van der Waals surface area contributed by atoms with E-state index in [0.29, 0.717) is 10.9 Å². The molecule has 0 amide bonds. The van der Waals surface area contributed by atoms with Crippen molar-refractivity contribution in [3.05, 3.63) is 64.8 Å². The number of halogens is 1. The topological polar surface area (TPSA) is 94.5 Å². The van der Waals surface area contributed by atoms with Crippen molar-refractivity contribution in [3.8, 4) is 17.1 Å². The Kier molecular flexibility index (Phi) is 4.97. The van der Waals surface area contributed by atoms with Crippen LogP contribution in [0, 0.1) is 12.3 Å². The predicted octanol–water partition coefficient (Wildman–Crippen LogP) is 4.00. The highest BCUT2D eigenvalue weighted by Gasteiger charge is 2.46. The molecule has 4 aromatic heterocycles. The van der Waals surface area contributed by atoms with Crippen LogP contribution in [0.25, 0.3) is 16.8 Å². The molecule has 0 bridgehead atoms. The van der Waals surface area contributed by atoms with Crippen molar-refractivity contribution in [2.24, 2.45) is 11.1 Å². The SMILES string of the molecule is COc1nccc(-c2c(C)nc(N3CCC4(CC3)Cc3ncccc3[C@H]4N)c3ccnn23)c1Cl. The molecule has 6 rings (SSSR count). The molecule has 1 aliphatic carbocycles. The maximum absolute atomic E-state index is 6.74. The Hall–Kier alpha value is -3.23. The number of nitrogens with zero attached hydrogens (tertiary/aromatic N) is 6. The van der Waals surface area contributed by atoms with Gasteiger partial charge in [0.15, 0.2) is 5.82 Å². The van der Waals surface area contributed by atoms with E-state index in [9.17, 15) is 0 Å². The van der Waals surface area contributed by atoms with E-state index in [0.717, 1.165) is 66.3 Å². The average molecular weight is 476 g/mol. The van der Waals surface area contributed by atoms with E-state index < -0.39 is 0 Å². The molecule has 0 aromatic carbocycles. The molecule has 1 atom stereocenters. The van der Waals surface area contributed by atoms with Crippen molar-refractivity contribution in [1.29, 1.82) is 0 Å². The van der Waals surface area contributed by atoms with Crippen LogP contribution in [0.3, 0.4) is 0 Å². The van der Waals surface area contributed by atoms with Crippen molar-refractivity contribution >= 4 is 22.9 Å². The monoisotopic (exact) mass is 475 g/mol. The van der Waals surface area contributed by atoms with Crippen molar-refractivity contribution in [3.63, 3.8) is 0 Å². The van der Waals surface area contributed by atoms with Gasteiger partial charge < -0.3 is 15.4 Å². The number of piperidine rings is 1. The third kappa shape index (κ3) is 3.09. The summed E-state index contributed by atoms with van der Waals surface area (Å²) in [5, 5.41) is 5.07. The summed E-state index contributed by atoms with van der Waals surface area (Å²) in [5.74, 6) is 1.32. The molecule has 0 unspecified atom stereocenters. The first-order valence-electron chi connectivity index (χ1n) is 11.5. The molecule has 1 saturated heterocycles. The highest BCUT2D eigenvalue weighted by Crippen LogP contribution is 2.50. The van der Waals surface area contributed by atoms with Gasteiger partial charge in [-0.3, -0.25) is 4.98 Å². The van der Waals surface area contributed by atoms with Gasteiger partial charge in [0.2, 0.25) is 5.88 Å². The van der Waals surface area contributed by atoms with Crippen LogP contribution >= 0.6 is 11.6 Å². The second kappa shape index (κ2) is 7.92. The quantitative estimate of drug-likeness (QED) is 0.478. The number of hydrogen-bond donors (Lipinski definition) is 1. The molecule has 8 nitrogen and oxygen atoms in total. The summed E-state index contributed by atoms with van der Waals surface area (Å²) in [6.07, 6.45) is 8.31. The fraction of sp³-hybridized carbons (Fsp3) is 0.360. The van der Waals surface area contributed by atoms with Gasteiger partial charge in [-0.1, -0.05) is 17.7 Å². The number of ether oxygens (including phenoxy) is 1. The molecule has 5 heterocycles. The second-order valence-electron chi connectivity index (χ2n) is 9.22. The van der Waals surface area contributed by atoms with E-state index in [2.05, 4.69) is 26.0 Å². The zero-order valence-corrected chi connectivity index (χ0v) is 20.0. The van der Waals surface area contributed by atoms with E-state index >= 15 is 0 Å². The minimum atomic E-state index is 0.0363. The summed E-state index contributed by atoms with van der Waals surface area (Å²) in [6, 6.07) is 8.03. The van der Waals surface area contributed by atoms with Crippen molar-refractivity contribution in [1.82, 2.24) is 24.6 Å². The lowest BCUT2D eigenvalue weighted by molar-refractivity contribution is 0.187. The highest BCUT2D eigenvalue weighted by atomic mass is 35.5. The summed E-state index contributed by atoms with van der Waals surface area (Å²) in [4.78, 5) is 16.2. The molecule has 1 aliphatic heterocycles. The van der Waals surface area contributed by atoms with E-state index in [1.54, 1.807) is 19.5 Å². The van der Waals surface area contributed by atoms with Gasteiger partial charge in [0, 0.05) is 42.8 Å². The highest BCUT2D eigenvalue weighted by molar-refractivity contribution is 6.34. The molecule has 1 fully saturated rings. The first-order valence-corrected chi connectivity index (χ1v) is 11.9. The summed E-state index contributed by atoms with van der Waals surface area (Å²) in [6.45, 7) is 3.76. The number of methoxy groups -OCH3 is 1. The van der Waals surface area contributed by atoms with E-state index in [1.807, 2.05) is 35.8 Å². The number of fused-ring (bicyclic) bond motifs is 2. The third-order valence-electron chi connectivity index (χ3n) is 7.50. The molecule has 2 aliphatic rings. The number of anilines is 1. The number of rotatable bonds is 3. The van der Waals surface area contributed by atoms with Crippen LogP contribution in [0.5, 0.6) is 5.88 Å². The third-order valence-corrected chi connectivity index (χ3v) is 7.87. The number of hydrogen-bond acceptors (Lipinski definition) is 7. The van der Waals surface area contributed by atoms with E-state index in [1.165, 1.54) is 5.56 Å². The van der Waals surface area contributed by atoms with Crippen LogP contribution in [0.1, 0.15) is 35.8 Å². The van der Waals surface area contributed by atoms with Crippen molar-refractivity contribution in [2.75, 3.05) is 25.1 Å². The molecule has 2 N–H and O–H groups in total. The maximum Gasteiger partial charge on any atom is 0.232 e. The molecule has 1 spiro atoms. The van der Waals surface area contributed by atoms with Gasteiger partial charge in [-0.2, -0.15) is 5.10 Å². The van der Waals surface area contributed by atoms with Gasteiger partial charge in [-0.15, -0.1) is 0 Å². The Bertz CT molecular complexity index is 1390. The Balaban J connectivity index is 1.34. The molecule has 4 aromatic rings. The summed E-state index contributed by atoms with van der Waals surface area (Å²) in [7, 11) is 1.56. The van der Waals surface area contributed by atoms with Gasteiger partial charge in [-0.25, -0.2) is 14.5 Å². The first-order chi connectivity index (χ1) is 16.5. The van der Waals surface area contributed by atoms with Gasteiger partial charge in [0.25, 0.3) is 0 Å². The summed E-state index contributed by atoms with van der Waals surface area (Å²) < 4.78 is 7.24. The molecular weight excluding hydrogens is 450 g/mol. The zero-order chi connectivity index (χ0) is 23.4. The zero-order valence-electron chi connectivity index (χ0n) is 19.2.